The zero-order valence-electron chi connectivity index (χ0n) is 11.6. The molecule has 2 rings (SSSR count). The zero-order valence-corrected chi connectivity index (χ0v) is 11.6. The first-order valence-corrected chi connectivity index (χ1v) is 6.90. The van der Waals surface area contributed by atoms with Crippen LogP contribution < -0.4 is 5.73 Å². The molecule has 0 radical (unpaired) electrons. The van der Waals surface area contributed by atoms with Gasteiger partial charge >= 0.3 is 0 Å². The summed E-state index contributed by atoms with van der Waals surface area (Å²) in [5, 5.41) is 8.47. The molecule has 1 aromatic heterocycles. The second kappa shape index (κ2) is 5.80. The summed E-state index contributed by atoms with van der Waals surface area (Å²) in [6, 6.07) is 0.372. The maximum absolute atomic E-state index is 5.70. The van der Waals surface area contributed by atoms with Crippen molar-refractivity contribution >= 4 is 0 Å². The lowest BCUT2D eigenvalue weighted by atomic mass is 9.80. The van der Waals surface area contributed by atoms with Crippen LogP contribution in [0.25, 0.3) is 0 Å². The molecule has 1 aliphatic carbocycles. The molecule has 0 bridgehead atoms. The van der Waals surface area contributed by atoms with Crippen LogP contribution in [0.3, 0.4) is 0 Å². The lowest BCUT2D eigenvalue weighted by molar-refractivity contribution is -0.0248. The predicted molar refractivity (Wildman–Crippen MR) is 70.1 cm³/mol. The fourth-order valence-corrected chi connectivity index (χ4v) is 2.71. The topological polar surface area (TPSA) is 66.0 Å². The number of rotatable bonds is 6. The molecule has 1 fully saturated rings. The summed E-state index contributed by atoms with van der Waals surface area (Å²) in [5.41, 5.74) is 5.70. The average molecular weight is 252 g/mol. The summed E-state index contributed by atoms with van der Waals surface area (Å²) in [7, 11) is 0. The maximum atomic E-state index is 5.70. The quantitative estimate of drug-likeness (QED) is 0.836. The Morgan fingerprint density at radius 3 is 2.56 bits per heavy atom. The van der Waals surface area contributed by atoms with Gasteiger partial charge in [0.05, 0.1) is 12.6 Å². The van der Waals surface area contributed by atoms with Gasteiger partial charge in [0.1, 0.15) is 11.6 Å². The number of nitrogens with zero attached hydrogens (tertiary/aromatic N) is 3. The van der Waals surface area contributed by atoms with Gasteiger partial charge in [-0.3, -0.25) is 0 Å². The van der Waals surface area contributed by atoms with Gasteiger partial charge in [0.25, 0.3) is 0 Å². The third-order valence-electron chi connectivity index (χ3n) is 3.60. The first-order valence-electron chi connectivity index (χ1n) is 6.90. The molecule has 102 valence electrons. The van der Waals surface area contributed by atoms with Gasteiger partial charge in [-0.15, -0.1) is 10.2 Å². The van der Waals surface area contributed by atoms with Crippen LogP contribution in [0.1, 0.15) is 51.3 Å². The van der Waals surface area contributed by atoms with Crippen molar-refractivity contribution in [2.24, 2.45) is 11.7 Å². The number of hydrogen-bond acceptors (Lipinski definition) is 4. The highest BCUT2D eigenvalue weighted by Gasteiger charge is 2.31. The molecule has 5 heteroatoms. The second-order valence-corrected chi connectivity index (χ2v) is 5.32. The van der Waals surface area contributed by atoms with Crippen LogP contribution in [0, 0.1) is 5.92 Å². The van der Waals surface area contributed by atoms with Crippen LogP contribution in [-0.2, 0) is 17.7 Å². The van der Waals surface area contributed by atoms with E-state index in [-0.39, 0.29) is 0 Å². The highest BCUT2D eigenvalue weighted by molar-refractivity contribution is 5.00. The van der Waals surface area contributed by atoms with E-state index in [1.165, 1.54) is 0 Å². The van der Waals surface area contributed by atoms with Gasteiger partial charge in [-0.25, -0.2) is 0 Å². The third-order valence-corrected chi connectivity index (χ3v) is 3.60. The summed E-state index contributed by atoms with van der Waals surface area (Å²) in [5.74, 6) is 2.65. The Balaban J connectivity index is 1.96. The minimum atomic E-state index is 0.372. The lowest BCUT2D eigenvalue weighted by Crippen LogP contribution is -2.33. The predicted octanol–water partition coefficient (Wildman–Crippen LogP) is 1.68. The van der Waals surface area contributed by atoms with Crippen molar-refractivity contribution in [3.63, 3.8) is 0 Å². The van der Waals surface area contributed by atoms with Crippen LogP contribution in [0.15, 0.2) is 0 Å². The van der Waals surface area contributed by atoms with Crippen LogP contribution in [0.2, 0.25) is 0 Å². The van der Waals surface area contributed by atoms with E-state index in [0.29, 0.717) is 24.6 Å². The Bertz CT molecular complexity index is 382. The van der Waals surface area contributed by atoms with Gasteiger partial charge in [-0.05, 0) is 39.5 Å². The van der Waals surface area contributed by atoms with Gasteiger partial charge in [0.15, 0.2) is 0 Å². The van der Waals surface area contributed by atoms with Crippen LogP contribution in [0.5, 0.6) is 0 Å². The standard InChI is InChI=1S/C13H24N4O/c1-4-18-11-5-10(6-11)7-12-15-16-13(8-14)17(12)9(2)3/h9-11H,4-8,14H2,1-3H3. The lowest BCUT2D eigenvalue weighted by Gasteiger charge is -2.34. The first kappa shape index (κ1) is 13.5. The van der Waals surface area contributed by atoms with E-state index in [2.05, 4.69) is 35.5 Å². The van der Waals surface area contributed by atoms with Gasteiger partial charge < -0.3 is 15.0 Å². The van der Waals surface area contributed by atoms with E-state index in [1.807, 2.05) is 0 Å². The van der Waals surface area contributed by atoms with Crippen molar-refractivity contribution in [3.05, 3.63) is 11.6 Å². The number of aromatic nitrogens is 3. The number of hydrogen-bond donors (Lipinski definition) is 1. The van der Waals surface area contributed by atoms with Gasteiger partial charge in [0, 0.05) is 19.1 Å². The Hall–Kier alpha value is -0.940. The third kappa shape index (κ3) is 2.72. The van der Waals surface area contributed by atoms with Gasteiger partial charge in [-0.1, -0.05) is 0 Å². The Labute approximate surface area is 109 Å². The van der Waals surface area contributed by atoms with E-state index in [1.54, 1.807) is 0 Å². The molecule has 0 saturated heterocycles. The summed E-state index contributed by atoms with van der Waals surface area (Å²) in [6.45, 7) is 7.62. The smallest absolute Gasteiger partial charge is 0.147 e. The van der Waals surface area contributed by atoms with Gasteiger partial charge in [-0.2, -0.15) is 0 Å². The van der Waals surface area contributed by atoms with Crippen LogP contribution in [0.4, 0.5) is 0 Å². The van der Waals surface area contributed by atoms with Crippen molar-refractivity contribution < 1.29 is 4.74 Å². The Morgan fingerprint density at radius 1 is 1.33 bits per heavy atom. The molecular weight excluding hydrogens is 228 g/mol. The first-order chi connectivity index (χ1) is 8.65. The Morgan fingerprint density at radius 2 is 2.00 bits per heavy atom. The summed E-state index contributed by atoms with van der Waals surface area (Å²) < 4.78 is 7.76. The van der Waals surface area contributed by atoms with Crippen molar-refractivity contribution in [2.45, 2.75) is 58.7 Å². The van der Waals surface area contributed by atoms with Crippen molar-refractivity contribution in [3.8, 4) is 0 Å². The largest absolute Gasteiger partial charge is 0.378 e. The molecule has 0 aliphatic heterocycles. The summed E-state index contributed by atoms with van der Waals surface area (Å²) in [6.07, 6.45) is 3.76. The average Bonchev–Trinajstić information content (AvgIpc) is 2.69. The summed E-state index contributed by atoms with van der Waals surface area (Å²) in [4.78, 5) is 0. The molecule has 18 heavy (non-hydrogen) atoms. The van der Waals surface area contributed by atoms with Crippen molar-refractivity contribution in [2.75, 3.05) is 6.61 Å². The molecule has 1 aliphatic rings. The summed E-state index contributed by atoms with van der Waals surface area (Å²) >= 11 is 0. The molecule has 0 atom stereocenters. The van der Waals surface area contributed by atoms with E-state index in [9.17, 15) is 0 Å². The maximum Gasteiger partial charge on any atom is 0.147 e. The van der Waals surface area contributed by atoms with E-state index in [4.69, 9.17) is 10.5 Å². The molecule has 1 heterocycles. The van der Waals surface area contributed by atoms with Crippen LogP contribution >= 0.6 is 0 Å². The molecule has 0 spiro atoms. The number of nitrogens with two attached hydrogens (primary N) is 1. The molecular formula is C13H24N4O. The minimum Gasteiger partial charge on any atom is -0.378 e. The van der Waals surface area contributed by atoms with Gasteiger partial charge in [0.2, 0.25) is 0 Å². The molecule has 0 aromatic carbocycles. The fraction of sp³-hybridized carbons (Fsp3) is 0.846. The molecule has 0 amide bonds. The fourth-order valence-electron chi connectivity index (χ4n) is 2.71. The van der Waals surface area contributed by atoms with E-state index >= 15 is 0 Å². The van der Waals surface area contributed by atoms with Crippen molar-refractivity contribution in [1.82, 2.24) is 14.8 Å². The number of ether oxygens (including phenoxy) is 1. The van der Waals surface area contributed by atoms with Crippen LogP contribution in [-0.4, -0.2) is 27.5 Å². The molecule has 0 unspecified atom stereocenters. The second-order valence-electron chi connectivity index (χ2n) is 5.32. The monoisotopic (exact) mass is 252 g/mol. The van der Waals surface area contributed by atoms with E-state index < -0.39 is 0 Å². The molecule has 2 N–H and O–H groups in total. The SMILES string of the molecule is CCOC1CC(Cc2nnc(CN)n2C(C)C)C1. The normalized spacial score (nSPS) is 23.4. The van der Waals surface area contributed by atoms with E-state index in [0.717, 1.165) is 37.5 Å². The highest BCUT2D eigenvalue weighted by Crippen LogP contribution is 2.33. The molecule has 1 saturated carbocycles. The molecule has 1 aromatic rings. The molecule has 5 nitrogen and oxygen atoms in total. The zero-order chi connectivity index (χ0) is 13.1. The highest BCUT2D eigenvalue weighted by atomic mass is 16.5. The Kier molecular flexibility index (Phi) is 4.35. The minimum absolute atomic E-state index is 0.372. The van der Waals surface area contributed by atoms with Crippen molar-refractivity contribution in [1.29, 1.82) is 0 Å².